The van der Waals surface area contributed by atoms with Crippen molar-refractivity contribution in [1.82, 2.24) is 0 Å². The summed E-state index contributed by atoms with van der Waals surface area (Å²) in [7, 11) is 1.60. The third kappa shape index (κ3) is 3.46. The molecular formula is C24H19N3O4. The molecule has 1 heterocycles. The highest BCUT2D eigenvalue weighted by molar-refractivity contribution is 6.43. The predicted octanol–water partition coefficient (Wildman–Crippen LogP) is 4.67. The molecule has 0 saturated carbocycles. The van der Waals surface area contributed by atoms with Crippen molar-refractivity contribution in [3.63, 3.8) is 0 Å². The van der Waals surface area contributed by atoms with Crippen molar-refractivity contribution in [2.45, 2.75) is 6.92 Å². The average Bonchev–Trinajstić information content (AvgIpc) is 2.78. The molecule has 154 valence electrons. The van der Waals surface area contributed by atoms with Gasteiger partial charge in [0.15, 0.2) is 0 Å². The Balaban J connectivity index is 1.91. The molecule has 0 atom stereocenters. The number of nitrogens with zero attached hydrogens (tertiary/aromatic N) is 2. The number of para-hydroxylation sites is 1. The summed E-state index contributed by atoms with van der Waals surface area (Å²) in [5.74, 6) is -0.873. The van der Waals surface area contributed by atoms with E-state index in [2.05, 4.69) is 5.32 Å². The second-order valence-corrected chi connectivity index (χ2v) is 7.12. The summed E-state index contributed by atoms with van der Waals surface area (Å²) in [5, 5.41) is 14.2. The maximum atomic E-state index is 13.5. The summed E-state index contributed by atoms with van der Waals surface area (Å²) in [6.07, 6.45) is 1.59. The Kier molecular flexibility index (Phi) is 5.09. The highest BCUT2D eigenvalue weighted by atomic mass is 16.6. The maximum Gasteiger partial charge on any atom is 0.292 e. The molecular weight excluding hydrogens is 394 g/mol. The van der Waals surface area contributed by atoms with E-state index in [4.69, 9.17) is 0 Å². The quantitative estimate of drug-likeness (QED) is 0.290. The summed E-state index contributed by atoms with van der Waals surface area (Å²) in [6, 6.07) is 18.7. The van der Waals surface area contributed by atoms with Gasteiger partial charge in [-0.15, -0.1) is 0 Å². The van der Waals surface area contributed by atoms with Crippen LogP contribution >= 0.6 is 0 Å². The molecule has 7 nitrogen and oxygen atoms in total. The van der Waals surface area contributed by atoms with Crippen LogP contribution in [0.4, 0.5) is 17.1 Å². The number of imide groups is 1. The Labute approximate surface area is 178 Å². The third-order valence-electron chi connectivity index (χ3n) is 5.24. The first-order valence-electron chi connectivity index (χ1n) is 9.64. The Morgan fingerprint density at radius 1 is 0.935 bits per heavy atom. The number of rotatable bonds is 4. The first-order valence-corrected chi connectivity index (χ1v) is 9.64. The fraction of sp³-hybridized carbons (Fsp3) is 0.0833. The fourth-order valence-electron chi connectivity index (χ4n) is 3.69. The molecule has 4 rings (SSSR count). The fourth-order valence-corrected chi connectivity index (χ4v) is 3.69. The highest BCUT2D eigenvalue weighted by Gasteiger charge is 2.36. The zero-order valence-corrected chi connectivity index (χ0v) is 17.0. The molecule has 31 heavy (non-hydrogen) atoms. The zero-order chi connectivity index (χ0) is 22.1. The van der Waals surface area contributed by atoms with Gasteiger partial charge in [-0.2, -0.15) is 0 Å². The second kappa shape index (κ2) is 7.87. The van der Waals surface area contributed by atoms with Gasteiger partial charge in [0, 0.05) is 24.3 Å². The van der Waals surface area contributed by atoms with E-state index >= 15 is 0 Å². The topological polar surface area (TPSA) is 92.6 Å². The molecule has 1 aliphatic rings. The molecule has 0 unspecified atom stereocenters. The number of hydrogen-bond acceptors (Lipinski definition) is 5. The third-order valence-corrected chi connectivity index (χ3v) is 5.24. The van der Waals surface area contributed by atoms with Crippen LogP contribution in [0.25, 0.3) is 11.6 Å². The van der Waals surface area contributed by atoms with E-state index in [-0.39, 0.29) is 5.69 Å². The molecule has 1 N–H and O–H groups in total. The van der Waals surface area contributed by atoms with Crippen molar-refractivity contribution in [3.05, 3.63) is 99.1 Å². The van der Waals surface area contributed by atoms with E-state index in [1.54, 1.807) is 61.7 Å². The molecule has 0 radical (unpaired) electrons. The van der Waals surface area contributed by atoms with Gasteiger partial charge >= 0.3 is 0 Å². The summed E-state index contributed by atoms with van der Waals surface area (Å²) < 4.78 is 0. The number of nitro groups is 1. The van der Waals surface area contributed by atoms with E-state index in [9.17, 15) is 19.7 Å². The van der Waals surface area contributed by atoms with Crippen molar-refractivity contribution >= 4 is 40.5 Å². The van der Waals surface area contributed by atoms with Crippen LogP contribution < -0.4 is 10.2 Å². The number of amides is 2. The van der Waals surface area contributed by atoms with Crippen LogP contribution in [0.1, 0.15) is 27.0 Å². The van der Waals surface area contributed by atoms with Gasteiger partial charge in [0.2, 0.25) is 0 Å². The van der Waals surface area contributed by atoms with Crippen molar-refractivity contribution in [2.75, 3.05) is 17.3 Å². The molecule has 3 aromatic carbocycles. The molecule has 0 aliphatic carbocycles. The molecule has 0 aromatic heterocycles. The first-order chi connectivity index (χ1) is 14.9. The van der Waals surface area contributed by atoms with Crippen LogP contribution in [0.3, 0.4) is 0 Å². The SMILES string of the molecule is CNc1ccc(C=C2C(=O)N(c3ccccc3C)C(=O)c3ccccc32)cc1[N+](=O)[O-]. The number of hydrogen-bond donors (Lipinski definition) is 1. The van der Waals surface area contributed by atoms with Gasteiger partial charge in [-0.3, -0.25) is 19.7 Å². The lowest BCUT2D eigenvalue weighted by Gasteiger charge is -2.29. The molecule has 0 fully saturated rings. The van der Waals surface area contributed by atoms with E-state index in [0.29, 0.717) is 33.6 Å². The van der Waals surface area contributed by atoms with Gasteiger partial charge < -0.3 is 5.32 Å². The Hall–Kier alpha value is -4.26. The smallest absolute Gasteiger partial charge is 0.292 e. The van der Waals surface area contributed by atoms with Crippen LogP contribution in [0.2, 0.25) is 0 Å². The summed E-state index contributed by atoms with van der Waals surface area (Å²) in [6.45, 7) is 1.83. The van der Waals surface area contributed by atoms with Gasteiger partial charge in [-0.1, -0.05) is 42.5 Å². The van der Waals surface area contributed by atoms with Crippen molar-refractivity contribution in [3.8, 4) is 0 Å². The van der Waals surface area contributed by atoms with Crippen LogP contribution in [0, 0.1) is 17.0 Å². The summed E-state index contributed by atoms with van der Waals surface area (Å²) >= 11 is 0. The zero-order valence-electron chi connectivity index (χ0n) is 17.0. The van der Waals surface area contributed by atoms with E-state index < -0.39 is 16.7 Å². The average molecular weight is 413 g/mol. The van der Waals surface area contributed by atoms with Crippen LogP contribution in [0.5, 0.6) is 0 Å². The highest BCUT2D eigenvalue weighted by Crippen LogP contribution is 2.35. The minimum Gasteiger partial charge on any atom is -0.383 e. The maximum absolute atomic E-state index is 13.5. The first kappa shape index (κ1) is 20.0. The Morgan fingerprint density at radius 2 is 1.61 bits per heavy atom. The summed E-state index contributed by atoms with van der Waals surface area (Å²) in [4.78, 5) is 38.8. The van der Waals surface area contributed by atoms with Gasteiger partial charge in [0.05, 0.1) is 10.6 Å². The summed E-state index contributed by atoms with van der Waals surface area (Å²) in [5.41, 5.74) is 3.26. The van der Waals surface area contributed by atoms with Crippen LogP contribution in [-0.4, -0.2) is 23.8 Å². The predicted molar refractivity (Wildman–Crippen MR) is 120 cm³/mol. The van der Waals surface area contributed by atoms with Gasteiger partial charge in [0.1, 0.15) is 5.69 Å². The largest absolute Gasteiger partial charge is 0.383 e. The Morgan fingerprint density at radius 3 is 2.29 bits per heavy atom. The molecule has 0 spiro atoms. The van der Waals surface area contributed by atoms with Gasteiger partial charge in [0.25, 0.3) is 17.5 Å². The number of benzene rings is 3. The lowest BCUT2D eigenvalue weighted by molar-refractivity contribution is -0.384. The number of aryl methyl sites for hydroxylation is 1. The van der Waals surface area contributed by atoms with Crippen LogP contribution in [0.15, 0.2) is 66.7 Å². The van der Waals surface area contributed by atoms with E-state index in [1.807, 2.05) is 19.1 Å². The number of nitrogens with one attached hydrogen (secondary N) is 1. The molecule has 0 saturated heterocycles. The number of nitro benzene ring substituents is 1. The van der Waals surface area contributed by atoms with Crippen molar-refractivity contribution in [1.29, 1.82) is 0 Å². The standard InChI is InChI=1S/C24H19N3O4/c1-15-7-3-6-10-21(15)26-23(28)18-9-5-4-8-17(18)19(24(26)29)13-16-11-12-20(25-2)22(14-16)27(30)31/h3-14,25H,1-2H3. The number of fused-ring (bicyclic) bond motifs is 1. The number of anilines is 2. The van der Waals surface area contributed by atoms with E-state index in [0.717, 1.165) is 5.56 Å². The minimum absolute atomic E-state index is 0.0970. The number of carbonyl (C=O) groups excluding carboxylic acids is 2. The molecule has 3 aromatic rings. The second-order valence-electron chi connectivity index (χ2n) is 7.12. The Bertz CT molecular complexity index is 1260. The lowest BCUT2D eigenvalue weighted by Crippen LogP contribution is -2.42. The lowest BCUT2D eigenvalue weighted by atomic mass is 9.91. The monoisotopic (exact) mass is 413 g/mol. The van der Waals surface area contributed by atoms with Gasteiger partial charge in [-0.05, 0) is 47.9 Å². The van der Waals surface area contributed by atoms with Crippen molar-refractivity contribution in [2.24, 2.45) is 0 Å². The molecule has 0 bridgehead atoms. The van der Waals surface area contributed by atoms with Crippen LogP contribution in [-0.2, 0) is 4.79 Å². The van der Waals surface area contributed by atoms with Crippen molar-refractivity contribution < 1.29 is 14.5 Å². The normalized spacial score (nSPS) is 14.5. The molecule has 2 amide bonds. The van der Waals surface area contributed by atoms with E-state index in [1.165, 1.54) is 11.0 Å². The molecule has 7 heteroatoms. The van der Waals surface area contributed by atoms with Gasteiger partial charge in [-0.25, -0.2) is 4.90 Å². The molecule has 1 aliphatic heterocycles. The number of carbonyl (C=O) groups is 2. The minimum atomic E-state index is -0.479.